The standard InChI is InChI=1S/C18H9F2NO4/c1-25-18(24)11-9(19)6-10-12(14(11)20)13-15(21-10)17(23)8-5-3-2-4-7(8)16(13)22/h2-6,21H,1H3. The molecule has 1 heterocycles. The number of H-pyrrole nitrogens is 1. The Labute approximate surface area is 139 Å². The van der Waals surface area contributed by atoms with Crippen LogP contribution in [0.25, 0.3) is 10.9 Å². The van der Waals surface area contributed by atoms with E-state index in [1.54, 1.807) is 12.1 Å². The van der Waals surface area contributed by atoms with Crippen LogP contribution in [0.5, 0.6) is 0 Å². The van der Waals surface area contributed by atoms with Gasteiger partial charge in [-0.25, -0.2) is 13.6 Å². The lowest BCUT2D eigenvalue weighted by Gasteiger charge is -2.14. The number of hydrogen-bond acceptors (Lipinski definition) is 4. The van der Waals surface area contributed by atoms with Gasteiger partial charge in [0.2, 0.25) is 5.78 Å². The molecular formula is C18H9F2NO4. The second-order valence-corrected chi connectivity index (χ2v) is 5.54. The molecule has 0 saturated heterocycles. The number of esters is 1. The normalized spacial score (nSPS) is 12.9. The molecule has 1 aromatic heterocycles. The van der Waals surface area contributed by atoms with Gasteiger partial charge in [-0.2, -0.15) is 0 Å². The predicted octanol–water partition coefficient (Wildman–Crippen LogP) is 3.01. The van der Waals surface area contributed by atoms with E-state index in [4.69, 9.17) is 0 Å². The van der Waals surface area contributed by atoms with E-state index in [-0.39, 0.29) is 33.3 Å². The molecule has 0 unspecified atom stereocenters. The zero-order chi connectivity index (χ0) is 17.9. The number of carbonyl (C=O) groups is 3. The maximum absolute atomic E-state index is 14.8. The minimum Gasteiger partial charge on any atom is -0.465 e. The van der Waals surface area contributed by atoms with Crippen molar-refractivity contribution in [3.8, 4) is 0 Å². The molecule has 0 saturated carbocycles. The lowest BCUT2D eigenvalue weighted by molar-refractivity contribution is 0.0590. The fraction of sp³-hybridized carbons (Fsp3) is 0.0556. The molecule has 0 amide bonds. The molecule has 1 N–H and O–H groups in total. The summed E-state index contributed by atoms with van der Waals surface area (Å²) in [5.41, 5.74) is -1.01. The Kier molecular flexibility index (Phi) is 3.08. The van der Waals surface area contributed by atoms with Gasteiger partial charge in [0.05, 0.1) is 23.9 Å². The molecule has 0 aliphatic heterocycles. The third-order valence-corrected chi connectivity index (χ3v) is 4.24. The van der Waals surface area contributed by atoms with E-state index in [1.807, 2.05) is 0 Å². The highest BCUT2D eigenvalue weighted by atomic mass is 19.1. The molecule has 0 radical (unpaired) electrons. The molecule has 25 heavy (non-hydrogen) atoms. The summed E-state index contributed by atoms with van der Waals surface area (Å²) in [7, 11) is 0.989. The van der Waals surface area contributed by atoms with E-state index in [1.165, 1.54) is 12.1 Å². The highest BCUT2D eigenvalue weighted by Gasteiger charge is 2.35. The maximum Gasteiger partial charge on any atom is 0.343 e. The van der Waals surface area contributed by atoms with Gasteiger partial charge in [-0.05, 0) is 6.07 Å². The van der Waals surface area contributed by atoms with Gasteiger partial charge in [0.25, 0.3) is 0 Å². The Morgan fingerprint density at radius 1 is 1.08 bits per heavy atom. The molecule has 5 nitrogen and oxygen atoms in total. The third kappa shape index (κ3) is 1.89. The Hall–Kier alpha value is -3.35. The van der Waals surface area contributed by atoms with Gasteiger partial charge in [-0.3, -0.25) is 9.59 Å². The van der Waals surface area contributed by atoms with Gasteiger partial charge in [0.1, 0.15) is 11.4 Å². The van der Waals surface area contributed by atoms with Crippen LogP contribution in [-0.2, 0) is 4.74 Å². The highest BCUT2D eigenvalue weighted by Crippen LogP contribution is 2.35. The lowest BCUT2D eigenvalue weighted by Crippen LogP contribution is -2.20. The molecule has 0 atom stereocenters. The summed E-state index contributed by atoms with van der Waals surface area (Å²) in [6.45, 7) is 0. The molecule has 0 fully saturated rings. The van der Waals surface area contributed by atoms with Crippen LogP contribution >= 0.6 is 0 Å². The van der Waals surface area contributed by atoms with Crippen molar-refractivity contribution in [3.05, 3.63) is 69.9 Å². The monoisotopic (exact) mass is 341 g/mol. The topological polar surface area (TPSA) is 76.2 Å². The van der Waals surface area contributed by atoms with Crippen molar-refractivity contribution in [2.24, 2.45) is 0 Å². The second-order valence-electron chi connectivity index (χ2n) is 5.54. The van der Waals surface area contributed by atoms with Crippen LogP contribution in [0.15, 0.2) is 30.3 Å². The van der Waals surface area contributed by atoms with Crippen molar-refractivity contribution in [2.75, 3.05) is 7.11 Å². The Morgan fingerprint density at radius 2 is 1.72 bits per heavy atom. The van der Waals surface area contributed by atoms with Crippen molar-refractivity contribution in [1.82, 2.24) is 4.98 Å². The number of ether oxygens (including phenoxy) is 1. The molecule has 1 aliphatic rings. The summed E-state index contributed by atoms with van der Waals surface area (Å²) < 4.78 is 33.3. The summed E-state index contributed by atoms with van der Waals surface area (Å²) >= 11 is 0. The summed E-state index contributed by atoms with van der Waals surface area (Å²) in [4.78, 5) is 39.6. The van der Waals surface area contributed by atoms with Crippen molar-refractivity contribution >= 4 is 28.4 Å². The fourth-order valence-electron chi connectivity index (χ4n) is 3.12. The first-order chi connectivity index (χ1) is 12.0. The van der Waals surface area contributed by atoms with Crippen LogP contribution < -0.4 is 0 Å². The summed E-state index contributed by atoms with van der Waals surface area (Å²) in [6.07, 6.45) is 0. The summed E-state index contributed by atoms with van der Waals surface area (Å²) in [6, 6.07) is 7.00. The van der Waals surface area contributed by atoms with E-state index in [0.29, 0.717) is 0 Å². The SMILES string of the molecule is COC(=O)c1c(F)cc2[nH]c3c(c2c1F)C(=O)c1ccccc1C3=O. The van der Waals surface area contributed by atoms with Crippen LogP contribution in [0.1, 0.15) is 42.3 Å². The minimum absolute atomic E-state index is 0.0813. The first-order valence-corrected chi connectivity index (χ1v) is 7.26. The van der Waals surface area contributed by atoms with E-state index in [9.17, 15) is 23.2 Å². The molecule has 7 heteroatoms. The number of methoxy groups -OCH3 is 1. The number of nitrogens with one attached hydrogen (secondary N) is 1. The van der Waals surface area contributed by atoms with Gasteiger partial charge in [0, 0.05) is 16.5 Å². The smallest absolute Gasteiger partial charge is 0.343 e. The number of fused-ring (bicyclic) bond motifs is 4. The first-order valence-electron chi connectivity index (χ1n) is 7.26. The van der Waals surface area contributed by atoms with Crippen molar-refractivity contribution < 1.29 is 27.9 Å². The van der Waals surface area contributed by atoms with Crippen LogP contribution in [0.2, 0.25) is 0 Å². The largest absolute Gasteiger partial charge is 0.465 e. The van der Waals surface area contributed by atoms with Gasteiger partial charge >= 0.3 is 5.97 Å². The number of hydrogen-bond donors (Lipinski definition) is 1. The molecule has 4 rings (SSSR count). The molecule has 1 aliphatic carbocycles. The van der Waals surface area contributed by atoms with Crippen molar-refractivity contribution in [1.29, 1.82) is 0 Å². The molecular weight excluding hydrogens is 332 g/mol. The van der Waals surface area contributed by atoms with E-state index in [0.717, 1.165) is 13.2 Å². The predicted molar refractivity (Wildman–Crippen MR) is 82.9 cm³/mol. The first kappa shape index (κ1) is 15.2. The maximum atomic E-state index is 14.8. The third-order valence-electron chi connectivity index (χ3n) is 4.24. The van der Waals surface area contributed by atoms with Gasteiger partial charge < -0.3 is 9.72 Å². The summed E-state index contributed by atoms with van der Waals surface area (Å²) in [5, 5.41) is -0.301. The number of aromatic amines is 1. The molecule has 0 spiro atoms. The average Bonchev–Trinajstić information content (AvgIpc) is 2.99. The van der Waals surface area contributed by atoms with Gasteiger partial charge in [-0.15, -0.1) is 0 Å². The van der Waals surface area contributed by atoms with E-state index < -0.39 is 34.7 Å². The summed E-state index contributed by atoms with van der Waals surface area (Å²) in [5.74, 6) is -4.66. The molecule has 124 valence electrons. The Morgan fingerprint density at radius 3 is 2.36 bits per heavy atom. The Balaban J connectivity index is 2.11. The fourth-order valence-corrected chi connectivity index (χ4v) is 3.12. The van der Waals surface area contributed by atoms with Crippen LogP contribution in [-0.4, -0.2) is 29.6 Å². The highest BCUT2D eigenvalue weighted by molar-refractivity contribution is 6.32. The van der Waals surface area contributed by atoms with Crippen molar-refractivity contribution in [2.45, 2.75) is 0 Å². The van der Waals surface area contributed by atoms with Crippen LogP contribution in [0.3, 0.4) is 0 Å². The number of halogens is 2. The lowest BCUT2D eigenvalue weighted by atomic mass is 9.86. The average molecular weight is 341 g/mol. The van der Waals surface area contributed by atoms with Crippen LogP contribution in [0, 0.1) is 11.6 Å². The zero-order valence-electron chi connectivity index (χ0n) is 12.8. The molecule has 0 bridgehead atoms. The van der Waals surface area contributed by atoms with E-state index in [2.05, 4.69) is 9.72 Å². The quantitative estimate of drug-likeness (QED) is 0.540. The Bertz CT molecular complexity index is 1110. The number of aromatic nitrogens is 1. The molecule has 3 aromatic rings. The van der Waals surface area contributed by atoms with Gasteiger partial charge in [-0.1, -0.05) is 24.3 Å². The number of benzene rings is 2. The zero-order valence-corrected chi connectivity index (χ0v) is 12.8. The second kappa shape index (κ2) is 5.07. The number of ketones is 2. The number of carbonyl (C=O) groups excluding carboxylic acids is 3. The van der Waals surface area contributed by atoms with Crippen molar-refractivity contribution in [3.63, 3.8) is 0 Å². The van der Waals surface area contributed by atoms with E-state index >= 15 is 0 Å². The number of rotatable bonds is 1. The van der Waals surface area contributed by atoms with Gasteiger partial charge in [0.15, 0.2) is 11.6 Å². The minimum atomic E-state index is -1.24. The van der Waals surface area contributed by atoms with Crippen LogP contribution in [0.4, 0.5) is 8.78 Å². The molecule has 2 aromatic carbocycles.